The summed E-state index contributed by atoms with van der Waals surface area (Å²) in [5, 5.41) is 15.6. The van der Waals surface area contributed by atoms with Crippen molar-refractivity contribution in [3.05, 3.63) is 47.7 Å². The van der Waals surface area contributed by atoms with E-state index in [1.165, 1.54) is 6.92 Å². The SMILES string of the molecule is CC(=O)Nc1cccc(NC(=O)CNC(=O)C2=CC=C3NN=NC3C2)c1. The highest BCUT2D eigenvalue weighted by Crippen LogP contribution is 2.23. The third kappa shape index (κ3) is 4.32. The molecule has 0 aromatic heterocycles. The molecule has 3 amide bonds. The monoisotopic (exact) mass is 354 g/mol. The minimum Gasteiger partial charge on any atom is -0.343 e. The molecule has 9 nitrogen and oxygen atoms in total. The topological polar surface area (TPSA) is 124 Å². The van der Waals surface area contributed by atoms with E-state index in [4.69, 9.17) is 0 Å². The Bertz CT molecular complexity index is 843. The molecule has 1 aromatic carbocycles. The zero-order valence-electron chi connectivity index (χ0n) is 14.1. The molecular weight excluding hydrogens is 336 g/mol. The maximum absolute atomic E-state index is 12.2. The van der Waals surface area contributed by atoms with Crippen LogP contribution in [0.2, 0.25) is 0 Å². The highest BCUT2D eigenvalue weighted by atomic mass is 16.2. The van der Waals surface area contributed by atoms with E-state index in [2.05, 4.69) is 31.7 Å². The number of allylic oxidation sites excluding steroid dienone is 2. The van der Waals surface area contributed by atoms with Crippen LogP contribution in [0.25, 0.3) is 0 Å². The summed E-state index contributed by atoms with van der Waals surface area (Å²) in [6.07, 6.45) is 3.89. The van der Waals surface area contributed by atoms with Crippen LogP contribution < -0.4 is 21.4 Å². The molecule has 0 radical (unpaired) electrons. The first-order valence-corrected chi connectivity index (χ1v) is 8.03. The first kappa shape index (κ1) is 17.3. The molecule has 1 heterocycles. The molecule has 1 atom stereocenters. The Morgan fingerprint density at radius 1 is 1.19 bits per heavy atom. The van der Waals surface area contributed by atoms with Gasteiger partial charge in [-0.2, -0.15) is 5.11 Å². The Morgan fingerprint density at radius 3 is 2.73 bits per heavy atom. The normalized spacial score (nSPS) is 17.3. The molecule has 4 N–H and O–H groups in total. The van der Waals surface area contributed by atoms with Crippen LogP contribution in [0.4, 0.5) is 11.4 Å². The van der Waals surface area contributed by atoms with Gasteiger partial charge in [-0.3, -0.25) is 19.8 Å². The van der Waals surface area contributed by atoms with E-state index in [1.54, 1.807) is 36.4 Å². The lowest BCUT2D eigenvalue weighted by molar-refractivity contribution is -0.121. The fourth-order valence-electron chi connectivity index (χ4n) is 2.58. The lowest BCUT2D eigenvalue weighted by atomic mass is 9.98. The van der Waals surface area contributed by atoms with Crippen LogP contribution >= 0.6 is 0 Å². The molecule has 26 heavy (non-hydrogen) atoms. The van der Waals surface area contributed by atoms with Crippen LogP contribution in [0.15, 0.2) is 58.0 Å². The molecule has 1 unspecified atom stereocenters. The molecule has 1 aliphatic carbocycles. The van der Waals surface area contributed by atoms with E-state index in [9.17, 15) is 14.4 Å². The van der Waals surface area contributed by atoms with E-state index in [-0.39, 0.29) is 30.3 Å². The molecule has 9 heteroatoms. The number of benzene rings is 1. The Labute approximate surface area is 149 Å². The summed E-state index contributed by atoms with van der Waals surface area (Å²) in [6, 6.07) is 6.59. The van der Waals surface area contributed by atoms with Gasteiger partial charge in [0.25, 0.3) is 0 Å². The first-order valence-electron chi connectivity index (χ1n) is 8.03. The fourth-order valence-corrected chi connectivity index (χ4v) is 2.58. The third-order valence-corrected chi connectivity index (χ3v) is 3.78. The maximum Gasteiger partial charge on any atom is 0.247 e. The van der Waals surface area contributed by atoms with Crippen LogP contribution in [0.3, 0.4) is 0 Å². The number of nitrogens with zero attached hydrogens (tertiary/aromatic N) is 2. The van der Waals surface area contributed by atoms with Crippen molar-refractivity contribution in [1.82, 2.24) is 10.7 Å². The standard InChI is InChI=1S/C17H18N6O3/c1-10(24)19-12-3-2-4-13(8-12)20-16(25)9-18-17(26)11-5-6-14-15(7-11)22-23-21-14/h2-6,8,15H,7,9H2,1H3,(H,18,26)(H,19,24)(H,20,25)(H,21,22). The molecule has 0 bridgehead atoms. The Kier molecular flexibility index (Phi) is 5.07. The van der Waals surface area contributed by atoms with Gasteiger partial charge >= 0.3 is 0 Å². The molecule has 0 saturated carbocycles. The van der Waals surface area contributed by atoms with Crippen molar-refractivity contribution in [3.8, 4) is 0 Å². The van der Waals surface area contributed by atoms with E-state index >= 15 is 0 Å². The smallest absolute Gasteiger partial charge is 0.247 e. The van der Waals surface area contributed by atoms with Gasteiger partial charge in [-0.15, -0.1) is 0 Å². The summed E-state index contributed by atoms with van der Waals surface area (Å²) in [4.78, 5) is 35.3. The number of anilines is 2. The van der Waals surface area contributed by atoms with Gasteiger partial charge in [0.2, 0.25) is 17.7 Å². The van der Waals surface area contributed by atoms with Gasteiger partial charge in [0.15, 0.2) is 0 Å². The summed E-state index contributed by atoms with van der Waals surface area (Å²) in [7, 11) is 0. The molecule has 134 valence electrons. The van der Waals surface area contributed by atoms with Crippen molar-refractivity contribution in [1.29, 1.82) is 0 Å². The number of fused-ring (bicyclic) bond motifs is 1. The maximum atomic E-state index is 12.2. The minimum absolute atomic E-state index is 0.161. The molecule has 1 aromatic rings. The van der Waals surface area contributed by atoms with Crippen molar-refractivity contribution < 1.29 is 14.4 Å². The zero-order chi connectivity index (χ0) is 18.5. The van der Waals surface area contributed by atoms with Crippen molar-refractivity contribution in [2.24, 2.45) is 10.3 Å². The number of nitrogens with one attached hydrogen (secondary N) is 4. The number of carbonyl (C=O) groups excluding carboxylic acids is 3. The van der Waals surface area contributed by atoms with Crippen LogP contribution in [0, 0.1) is 0 Å². The lowest BCUT2D eigenvalue weighted by Gasteiger charge is -2.15. The van der Waals surface area contributed by atoms with Crippen LogP contribution in [-0.4, -0.2) is 30.3 Å². The van der Waals surface area contributed by atoms with Crippen LogP contribution in [-0.2, 0) is 14.4 Å². The average Bonchev–Trinajstić information content (AvgIpc) is 3.07. The molecule has 0 saturated heterocycles. The number of hydrogen-bond donors (Lipinski definition) is 4. The lowest BCUT2D eigenvalue weighted by Crippen LogP contribution is -2.35. The second kappa shape index (κ2) is 7.60. The highest BCUT2D eigenvalue weighted by molar-refractivity contribution is 5.99. The van der Waals surface area contributed by atoms with Gasteiger partial charge in [-0.25, -0.2) is 0 Å². The molecule has 0 spiro atoms. The molecule has 2 aliphatic rings. The van der Waals surface area contributed by atoms with Gasteiger partial charge in [0.1, 0.15) is 6.04 Å². The van der Waals surface area contributed by atoms with E-state index in [1.807, 2.05) is 0 Å². The van der Waals surface area contributed by atoms with Gasteiger partial charge in [-0.05, 0) is 24.3 Å². The summed E-state index contributed by atoms with van der Waals surface area (Å²) in [5.41, 5.74) is 5.27. The van der Waals surface area contributed by atoms with Gasteiger partial charge in [-0.1, -0.05) is 17.4 Å². The van der Waals surface area contributed by atoms with Crippen molar-refractivity contribution in [2.75, 3.05) is 17.2 Å². The third-order valence-electron chi connectivity index (χ3n) is 3.78. The van der Waals surface area contributed by atoms with Gasteiger partial charge < -0.3 is 16.0 Å². The summed E-state index contributed by atoms with van der Waals surface area (Å²) in [6.45, 7) is 1.24. The molecule has 0 fully saturated rings. The fraction of sp³-hybridized carbons (Fsp3) is 0.235. The summed E-state index contributed by atoms with van der Waals surface area (Å²) >= 11 is 0. The average molecular weight is 354 g/mol. The van der Waals surface area contributed by atoms with Crippen molar-refractivity contribution in [2.45, 2.75) is 19.4 Å². The molecule has 1 aliphatic heterocycles. The van der Waals surface area contributed by atoms with Gasteiger partial charge in [0.05, 0.1) is 12.2 Å². The Balaban J connectivity index is 1.50. The number of hydrogen-bond acceptors (Lipinski definition) is 6. The van der Waals surface area contributed by atoms with Crippen molar-refractivity contribution in [3.63, 3.8) is 0 Å². The zero-order valence-corrected chi connectivity index (χ0v) is 14.1. The predicted octanol–water partition coefficient (Wildman–Crippen LogP) is 1.25. The Morgan fingerprint density at radius 2 is 1.96 bits per heavy atom. The number of amides is 3. The van der Waals surface area contributed by atoms with E-state index in [0.29, 0.717) is 23.4 Å². The second-order valence-corrected chi connectivity index (χ2v) is 5.85. The first-order chi connectivity index (χ1) is 12.5. The Hall–Kier alpha value is -3.49. The van der Waals surface area contributed by atoms with Crippen molar-refractivity contribution >= 4 is 29.1 Å². The molecular formula is C17H18N6O3. The largest absolute Gasteiger partial charge is 0.343 e. The minimum atomic E-state index is -0.367. The van der Waals surface area contributed by atoms with Gasteiger partial charge in [0, 0.05) is 30.3 Å². The van der Waals surface area contributed by atoms with Crippen LogP contribution in [0.1, 0.15) is 13.3 Å². The number of carbonyl (C=O) groups is 3. The summed E-state index contributed by atoms with van der Waals surface area (Å²) in [5.74, 6) is -0.881. The van der Waals surface area contributed by atoms with E-state index < -0.39 is 0 Å². The molecule has 3 rings (SSSR count). The van der Waals surface area contributed by atoms with E-state index in [0.717, 1.165) is 5.70 Å². The van der Waals surface area contributed by atoms with Crippen LogP contribution in [0.5, 0.6) is 0 Å². The summed E-state index contributed by atoms with van der Waals surface area (Å²) < 4.78 is 0. The quantitative estimate of drug-likeness (QED) is 0.635. The number of rotatable bonds is 5. The predicted molar refractivity (Wildman–Crippen MR) is 94.9 cm³/mol. The highest BCUT2D eigenvalue weighted by Gasteiger charge is 2.25. The second-order valence-electron chi connectivity index (χ2n) is 5.85.